The Kier molecular flexibility index (Phi) is 3.24. The van der Waals surface area contributed by atoms with Crippen LogP contribution >= 0.6 is 0 Å². The van der Waals surface area contributed by atoms with Gasteiger partial charge in [-0.15, -0.1) is 0 Å². The van der Waals surface area contributed by atoms with Crippen molar-refractivity contribution in [1.29, 1.82) is 0 Å². The summed E-state index contributed by atoms with van der Waals surface area (Å²) in [7, 11) is 0.553. The van der Waals surface area contributed by atoms with E-state index in [1.807, 2.05) is 14.1 Å². The number of likely N-dealkylation sites (N-methyl/N-ethyl adjacent to an activating group) is 1. The first-order valence-electron chi connectivity index (χ1n) is 5.59. The number of sulfonamides is 1. The van der Waals surface area contributed by atoms with Gasteiger partial charge in [-0.25, -0.2) is 8.42 Å². The van der Waals surface area contributed by atoms with E-state index in [0.29, 0.717) is 19.0 Å². The van der Waals surface area contributed by atoms with Crippen LogP contribution in [0.25, 0.3) is 0 Å². The Morgan fingerprint density at radius 2 is 2.18 bits per heavy atom. The standard InChI is InChI=1S/C10H18N4O2S/c1-8-6-14(7-9(8)13(2)3)17(15,16)10-4-5-11-12-10/h4-5,8-9H,6-7H2,1-3H3,(H,11,12). The van der Waals surface area contributed by atoms with Crippen molar-refractivity contribution < 1.29 is 8.42 Å². The summed E-state index contributed by atoms with van der Waals surface area (Å²) in [5, 5.41) is 6.38. The molecule has 1 aromatic rings. The lowest BCUT2D eigenvalue weighted by molar-refractivity contribution is 0.263. The molecule has 2 heterocycles. The number of nitrogens with zero attached hydrogens (tertiary/aromatic N) is 3. The third-order valence-corrected chi connectivity index (χ3v) is 5.06. The third-order valence-electron chi connectivity index (χ3n) is 3.30. The highest BCUT2D eigenvalue weighted by atomic mass is 32.2. The van der Waals surface area contributed by atoms with Crippen molar-refractivity contribution in [1.82, 2.24) is 19.4 Å². The molecule has 1 N–H and O–H groups in total. The van der Waals surface area contributed by atoms with Crippen LogP contribution in [-0.4, -0.2) is 61.0 Å². The van der Waals surface area contributed by atoms with Gasteiger partial charge in [0.1, 0.15) is 0 Å². The molecular formula is C10H18N4O2S. The molecule has 1 fully saturated rings. The van der Waals surface area contributed by atoms with Crippen LogP contribution in [-0.2, 0) is 10.0 Å². The second-order valence-electron chi connectivity index (χ2n) is 4.75. The van der Waals surface area contributed by atoms with Crippen LogP contribution in [0.3, 0.4) is 0 Å². The Morgan fingerprint density at radius 3 is 2.65 bits per heavy atom. The molecule has 1 saturated heterocycles. The van der Waals surface area contributed by atoms with Gasteiger partial charge in [0.05, 0.1) is 6.20 Å². The van der Waals surface area contributed by atoms with Gasteiger partial charge in [-0.2, -0.15) is 9.40 Å². The average Bonchev–Trinajstić information content (AvgIpc) is 2.84. The molecule has 1 aliphatic heterocycles. The first-order valence-corrected chi connectivity index (χ1v) is 7.03. The van der Waals surface area contributed by atoms with E-state index in [1.165, 1.54) is 16.6 Å². The van der Waals surface area contributed by atoms with Crippen LogP contribution in [0, 0.1) is 5.92 Å². The highest BCUT2D eigenvalue weighted by Crippen LogP contribution is 2.25. The molecule has 7 heteroatoms. The van der Waals surface area contributed by atoms with Crippen molar-refractivity contribution in [2.24, 2.45) is 5.92 Å². The minimum atomic E-state index is -3.41. The topological polar surface area (TPSA) is 69.3 Å². The highest BCUT2D eigenvalue weighted by molar-refractivity contribution is 7.89. The number of nitrogens with one attached hydrogen (secondary N) is 1. The van der Waals surface area contributed by atoms with Gasteiger partial charge in [-0.05, 0) is 26.1 Å². The Bertz CT molecular complexity index is 469. The maximum Gasteiger partial charge on any atom is 0.260 e. The summed E-state index contributed by atoms with van der Waals surface area (Å²) in [6, 6.07) is 1.76. The van der Waals surface area contributed by atoms with E-state index in [9.17, 15) is 8.42 Å². The van der Waals surface area contributed by atoms with E-state index in [4.69, 9.17) is 0 Å². The second kappa shape index (κ2) is 4.40. The van der Waals surface area contributed by atoms with Crippen LogP contribution in [0.2, 0.25) is 0 Å². The zero-order valence-electron chi connectivity index (χ0n) is 10.3. The molecule has 0 spiro atoms. The fraction of sp³-hybridized carbons (Fsp3) is 0.700. The fourth-order valence-electron chi connectivity index (χ4n) is 2.30. The predicted octanol–water partition coefficient (Wildman–Crippen LogP) is -0.0197. The SMILES string of the molecule is CC1CN(S(=O)(=O)c2ccn[nH]2)CC1N(C)C. The summed E-state index contributed by atoms with van der Waals surface area (Å²) >= 11 is 0. The lowest BCUT2D eigenvalue weighted by atomic mass is 10.1. The number of aromatic nitrogens is 2. The predicted molar refractivity (Wildman–Crippen MR) is 64.0 cm³/mol. The first-order chi connectivity index (χ1) is 7.93. The quantitative estimate of drug-likeness (QED) is 0.827. The van der Waals surface area contributed by atoms with Crippen LogP contribution < -0.4 is 0 Å². The molecule has 0 aliphatic carbocycles. The van der Waals surface area contributed by atoms with E-state index in [1.54, 1.807) is 0 Å². The first kappa shape index (κ1) is 12.5. The van der Waals surface area contributed by atoms with Crippen molar-refractivity contribution in [3.63, 3.8) is 0 Å². The molecule has 0 aromatic carbocycles. The summed E-state index contributed by atoms with van der Waals surface area (Å²) in [5.74, 6) is 0.336. The van der Waals surface area contributed by atoms with Crippen LogP contribution in [0.1, 0.15) is 6.92 Å². The average molecular weight is 258 g/mol. The molecule has 2 atom stereocenters. The van der Waals surface area contributed by atoms with E-state index in [-0.39, 0.29) is 11.1 Å². The van der Waals surface area contributed by atoms with Crippen molar-refractivity contribution in [3.8, 4) is 0 Å². The van der Waals surface area contributed by atoms with Gasteiger partial charge >= 0.3 is 0 Å². The Balaban J connectivity index is 2.21. The van der Waals surface area contributed by atoms with E-state index < -0.39 is 10.0 Å². The summed E-state index contributed by atoms with van der Waals surface area (Å²) in [4.78, 5) is 2.08. The number of H-pyrrole nitrogens is 1. The van der Waals surface area contributed by atoms with Crippen LogP contribution in [0.5, 0.6) is 0 Å². The molecule has 2 rings (SSSR count). The molecule has 0 radical (unpaired) electrons. The highest BCUT2D eigenvalue weighted by Gasteiger charge is 2.38. The Hall–Kier alpha value is -0.920. The maximum atomic E-state index is 12.2. The smallest absolute Gasteiger partial charge is 0.260 e. The Labute approximate surface area is 102 Å². The van der Waals surface area contributed by atoms with Gasteiger partial charge in [0, 0.05) is 19.1 Å². The van der Waals surface area contributed by atoms with Gasteiger partial charge in [0.25, 0.3) is 10.0 Å². The number of rotatable bonds is 3. The van der Waals surface area contributed by atoms with Crippen molar-refractivity contribution in [2.75, 3.05) is 27.2 Å². The molecule has 96 valence electrons. The third kappa shape index (κ3) is 2.22. The van der Waals surface area contributed by atoms with Crippen LogP contribution in [0.15, 0.2) is 17.3 Å². The summed E-state index contributed by atoms with van der Waals surface area (Å²) in [6.45, 7) is 3.17. The molecule has 2 unspecified atom stereocenters. The summed E-state index contributed by atoms with van der Waals surface area (Å²) < 4.78 is 26.0. The Morgan fingerprint density at radius 1 is 1.47 bits per heavy atom. The lowest BCUT2D eigenvalue weighted by Gasteiger charge is -2.22. The summed E-state index contributed by atoms with van der Waals surface area (Å²) in [6.07, 6.45) is 1.45. The minimum Gasteiger partial charge on any atom is -0.305 e. The minimum absolute atomic E-state index is 0.170. The second-order valence-corrected chi connectivity index (χ2v) is 6.66. The molecule has 1 aromatic heterocycles. The molecule has 6 nitrogen and oxygen atoms in total. The largest absolute Gasteiger partial charge is 0.305 e. The number of hydrogen-bond acceptors (Lipinski definition) is 4. The zero-order valence-corrected chi connectivity index (χ0v) is 11.1. The summed E-state index contributed by atoms with van der Waals surface area (Å²) in [5.41, 5.74) is 0. The maximum absolute atomic E-state index is 12.2. The van der Waals surface area contributed by atoms with Crippen molar-refractivity contribution in [2.45, 2.75) is 18.0 Å². The van der Waals surface area contributed by atoms with Gasteiger partial charge in [-0.1, -0.05) is 6.92 Å². The molecule has 1 aliphatic rings. The van der Waals surface area contributed by atoms with Crippen molar-refractivity contribution in [3.05, 3.63) is 12.3 Å². The normalized spacial score (nSPS) is 26.8. The van der Waals surface area contributed by atoms with E-state index >= 15 is 0 Å². The fourth-order valence-corrected chi connectivity index (χ4v) is 3.76. The van der Waals surface area contributed by atoms with Gasteiger partial charge in [0.15, 0.2) is 5.03 Å². The monoisotopic (exact) mass is 258 g/mol. The van der Waals surface area contributed by atoms with Crippen molar-refractivity contribution >= 4 is 10.0 Å². The van der Waals surface area contributed by atoms with Gasteiger partial charge < -0.3 is 4.90 Å². The van der Waals surface area contributed by atoms with Gasteiger partial charge in [0.2, 0.25) is 0 Å². The molecule has 0 saturated carbocycles. The van der Waals surface area contributed by atoms with Gasteiger partial charge in [-0.3, -0.25) is 5.10 Å². The zero-order chi connectivity index (χ0) is 12.6. The van der Waals surface area contributed by atoms with E-state index in [2.05, 4.69) is 22.0 Å². The molecule has 0 amide bonds. The molecular weight excluding hydrogens is 240 g/mol. The number of hydrogen-bond donors (Lipinski definition) is 1. The molecule has 17 heavy (non-hydrogen) atoms. The lowest BCUT2D eigenvalue weighted by Crippen LogP contribution is -2.35. The number of aromatic amines is 1. The molecule has 0 bridgehead atoms. The van der Waals surface area contributed by atoms with E-state index in [0.717, 1.165) is 0 Å². The van der Waals surface area contributed by atoms with Crippen LogP contribution in [0.4, 0.5) is 0 Å².